The van der Waals surface area contributed by atoms with E-state index < -0.39 is 29.7 Å². The lowest BCUT2D eigenvalue weighted by atomic mass is 9.95. The van der Waals surface area contributed by atoms with Crippen LogP contribution in [0.15, 0.2) is 36.4 Å². The second-order valence-corrected chi connectivity index (χ2v) is 6.79. The summed E-state index contributed by atoms with van der Waals surface area (Å²) >= 11 is 12.1. The first-order valence-electron chi connectivity index (χ1n) is 7.77. The fourth-order valence-electron chi connectivity index (χ4n) is 3.32. The minimum atomic E-state index is -0.968. The maximum absolute atomic E-state index is 14.5. The van der Waals surface area contributed by atoms with E-state index in [2.05, 4.69) is 0 Å². The predicted octanol–water partition coefficient (Wildman–Crippen LogP) is 4.91. The van der Waals surface area contributed by atoms with Crippen molar-refractivity contribution in [3.05, 3.63) is 69.2 Å². The zero-order valence-corrected chi connectivity index (χ0v) is 14.6. The standard InChI is InChI=1S/C18H15Cl2F2NO2/c19-13-6-3-10(8-14(13)20)17(12-5-4-11(21)9-15(12)22)23-7-1-2-16(23)18(24)25/h3-6,8-9,16-17H,1-2,7H2,(H,24,25). The van der Waals surface area contributed by atoms with E-state index in [9.17, 15) is 18.7 Å². The second kappa shape index (κ2) is 7.28. The molecular formula is C18H15Cl2F2NO2. The lowest BCUT2D eigenvalue weighted by Gasteiger charge is -2.32. The van der Waals surface area contributed by atoms with E-state index in [1.54, 1.807) is 23.1 Å². The van der Waals surface area contributed by atoms with Crippen LogP contribution in [0.1, 0.15) is 30.0 Å². The first kappa shape index (κ1) is 18.1. The van der Waals surface area contributed by atoms with Gasteiger partial charge in [0.25, 0.3) is 0 Å². The molecule has 0 saturated carbocycles. The van der Waals surface area contributed by atoms with Gasteiger partial charge in [-0.2, -0.15) is 0 Å². The van der Waals surface area contributed by atoms with Gasteiger partial charge in [-0.05, 0) is 36.6 Å². The van der Waals surface area contributed by atoms with Gasteiger partial charge >= 0.3 is 5.97 Å². The molecule has 1 aliphatic heterocycles. The highest BCUT2D eigenvalue weighted by Crippen LogP contribution is 2.38. The van der Waals surface area contributed by atoms with Crippen molar-refractivity contribution in [2.45, 2.75) is 24.9 Å². The third kappa shape index (κ3) is 3.64. The third-order valence-corrected chi connectivity index (χ3v) is 5.17. The molecule has 2 atom stereocenters. The number of carboxylic acids is 1. The van der Waals surface area contributed by atoms with E-state index in [0.29, 0.717) is 30.0 Å². The largest absolute Gasteiger partial charge is 0.480 e. The van der Waals surface area contributed by atoms with Gasteiger partial charge in [0.05, 0.1) is 16.1 Å². The van der Waals surface area contributed by atoms with Crippen LogP contribution in [-0.4, -0.2) is 28.6 Å². The molecule has 1 heterocycles. The van der Waals surface area contributed by atoms with Crippen molar-refractivity contribution < 1.29 is 18.7 Å². The second-order valence-electron chi connectivity index (χ2n) is 5.98. The number of halogens is 4. The molecular weight excluding hydrogens is 371 g/mol. The minimum Gasteiger partial charge on any atom is -0.480 e. The zero-order valence-electron chi connectivity index (χ0n) is 13.1. The van der Waals surface area contributed by atoms with Crippen molar-refractivity contribution in [3.63, 3.8) is 0 Å². The van der Waals surface area contributed by atoms with Crippen LogP contribution in [0.3, 0.4) is 0 Å². The van der Waals surface area contributed by atoms with Crippen molar-refractivity contribution in [2.24, 2.45) is 0 Å². The van der Waals surface area contributed by atoms with Crippen LogP contribution >= 0.6 is 23.2 Å². The van der Waals surface area contributed by atoms with E-state index in [4.69, 9.17) is 23.2 Å². The monoisotopic (exact) mass is 385 g/mol. The number of rotatable bonds is 4. The Bertz CT molecular complexity index is 816. The Kier molecular flexibility index (Phi) is 5.27. The van der Waals surface area contributed by atoms with Crippen molar-refractivity contribution in [3.8, 4) is 0 Å². The van der Waals surface area contributed by atoms with Crippen molar-refractivity contribution >= 4 is 29.2 Å². The van der Waals surface area contributed by atoms with E-state index >= 15 is 0 Å². The molecule has 1 N–H and O–H groups in total. The highest BCUT2D eigenvalue weighted by Gasteiger charge is 2.38. The lowest BCUT2D eigenvalue weighted by molar-refractivity contribution is -0.142. The molecule has 1 aliphatic rings. The number of carboxylic acid groups (broad SMARTS) is 1. The summed E-state index contributed by atoms with van der Waals surface area (Å²) < 4.78 is 27.8. The van der Waals surface area contributed by atoms with Gasteiger partial charge in [0.1, 0.15) is 17.7 Å². The molecule has 0 bridgehead atoms. The predicted molar refractivity (Wildman–Crippen MR) is 92.0 cm³/mol. The maximum atomic E-state index is 14.5. The van der Waals surface area contributed by atoms with Gasteiger partial charge in [0.2, 0.25) is 0 Å². The first-order valence-corrected chi connectivity index (χ1v) is 8.52. The number of aliphatic carboxylic acids is 1. The third-order valence-electron chi connectivity index (χ3n) is 4.43. The normalized spacial score (nSPS) is 19.1. The van der Waals surface area contributed by atoms with E-state index in [0.717, 1.165) is 12.1 Å². The fraction of sp³-hybridized carbons (Fsp3) is 0.278. The van der Waals surface area contributed by atoms with Crippen LogP contribution in [0.25, 0.3) is 0 Å². The van der Waals surface area contributed by atoms with Crippen LogP contribution < -0.4 is 0 Å². The van der Waals surface area contributed by atoms with Crippen LogP contribution in [0, 0.1) is 11.6 Å². The molecule has 7 heteroatoms. The average Bonchev–Trinajstić information content (AvgIpc) is 3.02. The number of likely N-dealkylation sites (tertiary alicyclic amines) is 1. The van der Waals surface area contributed by atoms with Gasteiger partial charge < -0.3 is 5.11 Å². The van der Waals surface area contributed by atoms with Crippen LogP contribution in [0.4, 0.5) is 8.78 Å². The molecule has 0 spiro atoms. The summed E-state index contributed by atoms with van der Waals surface area (Å²) in [5.41, 5.74) is 0.806. The van der Waals surface area contributed by atoms with E-state index in [1.165, 1.54) is 6.07 Å². The molecule has 3 rings (SSSR count). The van der Waals surface area contributed by atoms with Gasteiger partial charge in [-0.1, -0.05) is 35.3 Å². The molecule has 2 aromatic rings. The molecule has 0 radical (unpaired) electrons. The fourth-order valence-corrected chi connectivity index (χ4v) is 3.63. The van der Waals surface area contributed by atoms with Gasteiger partial charge in [0.15, 0.2) is 0 Å². The summed E-state index contributed by atoms with van der Waals surface area (Å²) in [6.07, 6.45) is 1.15. The average molecular weight is 386 g/mol. The first-order chi connectivity index (χ1) is 11.9. The topological polar surface area (TPSA) is 40.5 Å². The molecule has 1 saturated heterocycles. The highest BCUT2D eigenvalue weighted by atomic mass is 35.5. The Morgan fingerprint density at radius 3 is 2.56 bits per heavy atom. The molecule has 3 nitrogen and oxygen atoms in total. The van der Waals surface area contributed by atoms with E-state index in [1.807, 2.05) is 0 Å². The van der Waals surface area contributed by atoms with Gasteiger partial charge in [-0.3, -0.25) is 9.69 Å². The molecule has 1 fully saturated rings. The summed E-state index contributed by atoms with van der Waals surface area (Å²) in [6.45, 7) is 0.485. The molecule has 2 unspecified atom stereocenters. The molecule has 25 heavy (non-hydrogen) atoms. The smallest absolute Gasteiger partial charge is 0.320 e. The molecule has 2 aromatic carbocycles. The summed E-state index contributed by atoms with van der Waals surface area (Å²) in [5, 5.41) is 10.1. The molecule has 132 valence electrons. The van der Waals surface area contributed by atoms with Crippen molar-refractivity contribution in [2.75, 3.05) is 6.54 Å². The zero-order chi connectivity index (χ0) is 18.1. The Morgan fingerprint density at radius 2 is 1.92 bits per heavy atom. The Morgan fingerprint density at radius 1 is 1.16 bits per heavy atom. The van der Waals surface area contributed by atoms with Gasteiger partial charge in [0, 0.05) is 18.2 Å². The highest BCUT2D eigenvalue weighted by molar-refractivity contribution is 6.42. The van der Waals surface area contributed by atoms with Gasteiger partial charge in [-0.25, -0.2) is 8.78 Å². The van der Waals surface area contributed by atoms with Gasteiger partial charge in [-0.15, -0.1) is 0 Å². The Labute approximate surface area is 153 Å². The maximum Gasteiger partial charge on any atom is 0.320 e. The number of benzene rings is 2. The quantitative estimate of drug-likeness (QED) is 0.812. The van der Waals surface area contributed by atoms with E-state index in [-0.39, 0.29) is 10.6 Å². The SMILES string of the molecule is O=C(O)C1CCCN1C(c1ccc(Cl)c(Cl)c1)c1ccc(F)cc1F. The summed E-state index contributed by atoms with van der Waals surface area (Å²) in [7, 11) is 0. The number of nitrogens with zero attached hydrogens (tertiary/aromatic N) is 1. The molecule has 0 aromatic heterocycles. The Hall–Kier alpha value is -1.69. The number of hydrogen-bond acceptors (Lipinski definition) is 2. The number of carbonyl (C=O) groups is 1. The minimum absolute atomic E-state index is 0.202. The molecule has 0 aliphatic carbocycles. The summed E-state index contributed by atoms with van der Waals surface area (Å²) in [5.74, 6) is -2.39. The number of hydrogen-bond donors (Lipinski definition) is 1. The van der Waals surface area contributed by atoms with Crippen LogP contribution in [0.5, 0.6) is 0 Å². The summed E-state index contributed by atoms with van der Waals surface area (Å²) in [4.78, 5) is 13.3. The molecule has 0 amide bonds. The van der Waals surface area contributed by atoms with Crippen molar-refractivity contribution in [1.82, 2.24) is 4.90 Å². The van der Waals surface area contributed by atoms with Crippen LogP contribution in [-0.2, 0) is 4.79 Å². The lowest BCUT2D eigenvalue weighted by Crippen LogP contribution is -2.39. The Balaban J connectivity index is 2.13. The summed E-state index contributed by atoms with van der Waals surface area (Å²) in [6, 6.07) is 6.71. The van der Waals surface area contributed by atoms with Crippen LogP contribution in [0.2, 0.25) is 10.0 Å². The van der Waals surface area contributed by atoms with Crippen molar-refractivity contribution in [1.29, 1.82) is 0 Å².